The molecular formula is C15H22ClN3O. The second-order valence-electron chi connectivity index (χ2n) is 5.55. The van der Waals surface area contributed by atoms with Crippen LogP contribution >= 0.6 is 11.6 Å². The molecule has 0 aliphatic carbocycles. The van der Waals surface area contributed by atoms with Gasteiger partial charge in [0.05, 0.1) is 7.11 Å². The third-order valence-corrected chi connectivity index (χ3v) is 4.64. The number of halogens is 1. The Balaban J connectivity index is 1.56. The zero-order chi connectivity index (χ0) is 13.9. The molecular weight excluding hydrogens is 274 g/mol. The van der Waals surface area contributed by atoms with E-state index < -0.39 is 0 Å². The molecule has 2 aliphatic rings. The number of rotatable bonds is 4. The summed E-state index contributed by atoms with van der Waals surface area (Å²) in [5.41, 5.74) is 1.11. The summed E-state index contributed by atoms with van der Waals surface area (Å²) in [6.07, 6.45) is 0. The average Bonchev–Trinajstić information content (AvgIpc) is 2.44. The van der Waals surface area contributed by atoms with Crippen LogP contribution in [0.15, 0.2) is 18.2 Å². The fraction of sp³-hybridized carbons (Fsp3) is 0.600. The third-order valence-electron chi connectivity index (χ3n) is 4.28. The SMILES string of the molecule is COc1cccc(Cl)c1CN1CC(N2CCNCC2)C1. The summed E-state index contributed by atoms with van der Waals surface area (Å²) in [4.78, 5) is 5.03. The monoisotopic (exact) mass is 295 g/mol. The lowest BCUT2D eigenvalue weighted by atomic mass is 10.0. The van der Waals surface area contributed by atoms with Gasteiger partial charge in [0.25, 0.3) is 0 Å². The third kappa shape index (κ3) is 2.93. The van der Waals surface area contributed by atoms with E-state index in [2.05, 4.69) is 15.1 Å². The van der Waals surface area contributed by atoms with E-state index in [0.717, 1.165) is 49.1 Å². The minimum Gasteiger partial charge on any atom is -0.496 e. The number of benzene rings is 1. The van der Waals surface area contributed by atoms with E-state index in [4.69, 9.17) is 16.3 Å². The Morgan fingerprint density at radius 2 is 2.05 bits per heavy atom. The van der Waals surface area contributed by atoms with E-state index in [1.165, 1.54) is 13.1 Å². The fourth-order valence-electron chi connectivity index (χ4n) is 3.06. The molecule has 0 unspecified atom stereocenters. The van der Waals surface area contributed by atoms with E-state index >= 15 is 0 Å². The number of nitrogens with zero attached hydrogens (tertiary/aromatic N) is 2. The van der Waals surface area contributed by atoms with Crippen LogP contribution in [-0.4, -0.2) is 62.2 Å². The van der Waals surface area contributed by atoms with Gasteiger partial charge in [0.15, 0.2) is 0 Å². The lowest BCUT2D eigenvalue weighted by Crippen LogP contribution is -2.62. The van der Waals surface area contributed by atoms with E-state index in [9.17, 15) is 0 Å². The minimum absolute atomic E-state index is 0.714. The largest absolute Gasteiger partial charge is 0.496 e. The molecule has 1 N–H and O–H groups in total. The normalized spacial score (nSPS) is 21.7. The Morgan fingerprint density at radius 1 is 1.30 bits per heavy atom. The predicted octanol–water partition coefficient (Wildman–Crippen LogP) is 1.44. The van der Waals surface area contributed by atoms with Crippen LogP contribution in [0, 0.1) is 0 Å². The van der Waals surface area contributed by atoms with Gasteiger partial charge < -0.3 is 10.1 Å². The summed E-state index contributed by atoms with van der Waals surface area (Å²) in [5, 5.41) is 4.20. The van der Waals surface area contributed by atoms with Gasteiger partial charge in [-0.2, -0.15) is 0 Å². The van der Waals surface area contributed by atoms with Crippen LogP contribution in [0.25, 0.3) is 0 Å². The number of hydrogen-bond acceptors (Lipinski definition) is 4. The quantitative estimate of drug-likeness (QED) is 0.910. The first-order valence-electron chi connectivity index (χ1n) is 7.26. The molecule has 1 aromatic carbocycles. The number of ether oxygens (including phenoxy) is 1. The second kappa shape index (κ2) is 6.31. The molecule has 4 nitrogen and oxygen atoms in total. The van der Waals surface area contributed by atoms with E-state index in [-0.39, 0.29) is 0 Å². The molecule has 2 fully saturated rings. The van der Waals surface area contributed by atoms with Crippen molar-refractivity contribution in [2.45, 2.75) is 12.6 Å². The van der Waals surface area contributed by atoms with Crippen molar-refractivity contribution in [1.82, 2.24) is 15.1 Å². The maximum atomic E-state index is 6.29. The van der Waals surface area contributed by atoms with Crippen molar-refractivity contribution in [3.63, 3.8) is 0 Å². The first kappa shape index (κ1) is 14.1. The lowest BCUT2D eigenvalue weighted by Gasteiger charge is -2.47. The Labute approximate surface area is 125 Å². The molecule has 5 heteroatoms. The molecule has 20 heavy (non-hydrogen) atoms. The molecule has 1 aromatic rings. The van der Waals surface area contributed by atoms with Crippen molar-refractivity contribution in [1.29, 1.82) is 0 Å². The van der Waals surface area contributed by atoms with E-state index in [0.29, 0.717) is 6.04 Å². The van der Waals surface area contributed by atoms with Gasteiger partial charge in [-0.05, 0) is 12.1 Å². The van der Waals surface area contributed by atoms with Crippen LogP contribution < -0.4 is 10.1 Å². The first-order valence-corrected chi connectivity index (χ1v) is 7.64. The molecule has 2 saturated heterocycles. The summed E-state index contributed by atoms with van der Waals surface area (Å²) >= 11 is 6.29. The fourth-order valence-corrected chi connectivity index (χ4v) is 3.28. The maximum Gasteiger partial charge on any atom is 0.124 e. The first-order chi connectivity index (χ1) is 9.78. The van der Waals surface area contributed by atoms with Crippen LogP contribution in [-0.2, 0) is 6.54 Å². The van der Waals surface area contributed by atoms with Gasteiger partial charge >= 0.3 is 0 Å². The second-order valence-corrected chi connectivity index (χ2v) is 5.96. The molecule has 0 saturated carbocycles. The summed E-state index contributed by atoms with van der Waals surface area (Å²) in [6, 6.07) is 6.57. The number of hydrogen-bond donors (Lipinski definition) is 1. The maximum absolute atomic E-state index is 6.29. The van der Waals surface area contributed by atoms with Crippen molar-refractivity contribution in [3.05, 3.63) is 28.8 Å². The van der Waals surface area contributed by atoms with Gasteiger partial charge in [0, 0.05) is 62.4 Å². The zero-order valence-corrected chi connectivity index (χ0v) is 12.7. The van der Waals surface area contributed by atoms with Crippen LogP contribution in [0.4, 0.5) is 0 Å². The van der Waals surface area contributed by atoms with Gasteiger partial charge in [0.2, 0.25) is 0 Å². The number of methoxy groups -OCH3 is 1. The number of nitrogens with one attached hydrogen (secondary N) is 1. The van der Waals surface area contributed by atoms with Crippen LogP contribution in [0.5, 0.6) is 5.75 Å². The topological polar surface area (TPSA) is 27.7 Å². The summed E-state index contributed by atoms with van der Waals surface area (Å²) in [5.74, 6) is 0.892. The van der Waals surface area contributed by atoms with Crippen molar-refractivity contribution >= 4 is 11.6 Å². The highest BCUT2D eigenvalue weighted by Gasteiger charge is 2.32. The van der Waals surface area contributed by atoms with Crippen molar-refractivity contribution in [2.75, 3.05) is 46.4 Å². The Morgan fingerprint density at radius 3 is 2.75 bits per heavy atom. The summed E-state index contributed by atoms with van der Waals surface area (Å²) < 4.78 is 5.41. The number of likely N-dealkylation sites (tertiary alicyclic amines) is 1. The lowest BCUT2D eigenvalue weighted by molar-refractivity contribution is 0.0219. The van der Waals surface area contributed by atoms with Gasteiger partial charge in [-0.15, -0.1) is 0 Å². The van der Waals surface area contributed by atoms with Gasteiger partial charge in [0.1, 0.15) is 5.75 Å². The molecule has 2 aliphatic heterocycles. The highest BCUT2D eigenvalue weighted by Crippen LogP contribution is 2.29. The zero-order valence-electron chi connectivity index (χ0n) is 11.9. The molecule has 0 aromatic heterocycles. The minimum atomic E-state index is 0.714. The van der Waals surface area contributed by atoms with Crippen LogP contribution in [0.2, 0.25) is 5.02 Å². The molecule has 0 atom stereocenters. The van der Waals surface area contributed by atoms with Crippen LogP contribution in [0.3, 0.4) is 0 Å². The molecule has 3 rings (SSSR count). The Bertz CT molecular complexity index is 456. The molecule has 0 amide bonds. The van der Waals surface area contributed by atoms with Gasteiger partial charge in [-0.25, -0.2) is 0 Å². The highest BCUT2D eigenvalue weighted by molar-refractivity contribution is 6.31. The molecule has 0 spiro atoms. The van der Waals surface area contributed by atoms with E-state index in [1.54, 1.807) is 7.11 Å². The summed E-state index contributed by atoms with van der Waals surface area (Å²) in [7, 11) is 1.70. The highest BCUT2D eigenvalue weighted by atomic mass is 35.5. The number of piperazine rings is 1. The molecule has 0 bridgehead atoms. The molecule has 2 heterocycles. The standard InChI is InChI=1S/C15H22ClN3O/c1-20-15-4-2-3-14(16)13(15)11-18-9-12(10-18)19-7-5-17-6-8-19/h2-4,12,17H,5-11H2,1H3. The van der Waals surface area contributed by atoms with Gasteiger partial charge in [-0.1, -0.05) is 17.7 Å². The smallest absolute Gasteiger partial charge is 0.124 e. The van der Waals surface area contributed by atoms with Crippen LogP contribution in [0.1, 0.15) is 5.56 Å². The molecule has 110 valence electrons. The molecule has 0 radical (unpaired) electrons. The average molecular weight is 296 g/mol. The van der Waals surface area contributed by atoms with Gasteiger partial charge in [-0.3, -0.25) is 9.80 Å². The van der Waals surface area contributed by atoms with Crippen molar-refractivity contribution in [3.8, 4) is 5.75 Å². The van der Waals surface area contributed by atoms with E-state index in [1.807, 2.05) is 18.2 Å². The van der Waals surface area contributed by atoms with Crippen molar-refractivity contribution < 1.29 is 4.74 Å². The Hall–Kier alpha value is -0.810. The Kier molecular flexibility index (Phi) is 4.46. The predicted molar refractivity (Wildman–Crippen MR) is 81.5 cm³/mol. The summed E-state index contributed by atoms with van der Waals surface area (Å²) in [6.45, 7) is 7.74. The van der Waals surface area contributed by atoms with Crippen molar-refractivity contribution in [2.24, 2.45) is 0 Å².